The number of fused-ring (bicyclic) bond motifs is 3. The summed E-state index contributed by atoms with van der Waals surface area (Å²) in [5, 5.41) is 9.03. The van der Waals surface area contributed by atoms with Gasteiger partial charge < -0.3 is 10.5 Å². The summed E-state index contributed by atoms with van der Waals surface area (Å²) in [5.41, 5.74) is 2.03. The summed E-state index contributed by atoms with van der Waals surface area (Å²) >= 11 is 0.690. The number of alkyl halides is 4. The summed E-state index contributed by atoms with van der Waals surface area (Å²) in [6.07, 6.45) is -3.12. The molecule has 2 N–H and O–H groups in total. The quantitative estimate of drug-likeness (QED) is 0.297. The van der Waals surface area contributed by atoms with E-state index < -0.39 is 46.2 Å². The van der Waals surface area contributed by atoms with Crippen molar-refractivity contribution in [1.82, 2.24) is 14.9 Å². The lowest BCUT2D eigenvalue weighted by molar-refractivity contribution is -0.137. The van der Waals surface area contributed by atoms with Crippen LogP contribution < -0.4 is 10.5 Å². The summed E-state index contributed by atoms with van der Waals surface area (Å²) in [4.78, 5) is 10.0. The predicted octanol–water partition coefficient (Wildman–Crippen LogP) is 6.22. The summed E-state index contributed by atoms with van der Waals surface area (Å²) < 4.78 is 92.9. The van der Waals surface area contributed by atoms with Gasteiger partial charge in [0.1, 0.15) is 35.2 Å². The highest BCUT2D eigenvalue weighted by Crippen LogP contribution is 2.47. The Morgan fingerprint density at radius 3 is 2.82 bits per heavy atom. The first-order valence-electron chi connectivity index (χ1n) is 12.0. The smallest absolute Gasteiger partial charge is 0.417 e. The van der Waals surface area contributed by atoms with Gasteiger partial charge in [0.15, 0.2) is 5.82 Å². The second kappa shape index (κ2) is 8.96. The number of anilines is 1. The van der Waals surface area contributed by atoms with Crippen LogP contribution in [-0.4, -0.2) is 46.3 Å². The molecule has 2 aliphatic heterocycles. The van der Waals surface area contributed by atoms with Gasteiger partial charge in [-0.3, -0.25) is 4.90 Å². The molecule has 6 nitrogen and oxygen atoms in total. The third kappa shape index (κ3) is 4.04. The van der Waals surface area contributed by atoms with E-state index in [4.69, 9.17) is 10.5 Å². The molecule has 2 aromatic heterocycles. The Balaban J connectivity index is 1.50. The van der Waals surface area contributed by atoms with Crippen LogP contribution in [0, 0.1) is 23.0 Å². The minimum atomic E-state index is -5.01. The number of nitriles is 1. The molecule has 0 bridgehead atoms. The lowest BCUT2D eigenvalue weighted by Crippen LogP contribution is -2.43. The molecule has 0 radical (unpaired) electrons. The van der Waals surface area contributed by atoms with Crippen molar-refractivity contribution in [3.63, 3.8) is 0 Å². The predicted molar refractivity (Wildman–Crippen MR) is 133 cm³/mol. The van der Waals surface area contributed by atoms with Crippen LogP contribution in [0.5, 0.6) is 6.01 Å². The van der Waals surface area contributed by atoms with Crippen LogP contribution in [0.2, 0.25) is 0 Å². The highest BCUT2D eigenvalue weighted by molar-refractivity contribution is 7.23. The van der Waals surface area contributed by atoms with Crippen LogP contribution >= 0.6 is 11.3 Å². The van der Waals surface area contributed by atoms with Gasteiger partial charge in [0.05, 0.1) is 21.4 Å². The Morgan fingerprint density at radius 2 is 2.08 bits per heavy atom. The van der Waals surface area contributed by atoms with Crippen molar-refractivity contribution in [1.29, 1.82) is 5.26 Å². The maximum atomic E-state index is 16.1. The molecule has 2 aliphatic rings. The second-order valence-electron chi connectivity index (χ2n) is 9.82. The van der Waals surface area contributed by atoms with Crippen molar-refractivity contribution < 1.29 is 31.1 Å². The van der Waals surface area contributed by atoms with Crippen LogP contribution in [0.15, 0.2) is 24.4 Å². The highest BCUT2D eigenvalue weighted by atomic mass is 32.1. The zero-order chi connectivity index (χ0) is 27.7. The minimum Gasteiger partial charge on any atom is -0.461 e. The molecular weight excluding hydrogens is 544 g/mol. The van der Waals surface area contributed by atoms with Crippen LogP contribution in [0.1, 0.15) is 30.4 Å². The molecular formula is C26H19F6N5OS. The number of nitrogens with zero attached hydrogens (tertiary/aromatic N) is 4. The SMILES string of the molecule is N#Cc1c(N)sc2c(F)ccc(-c3c(C(F)(F)F)cc4cnc(OCC56CCCN5CC(F)C6)nc4c3F)c12. The molecule has 202 valence electrons. The molecule has 6 rings (SSSR count). The van der Waals surface area contributed by atoms with Gasteiger partial charge in [-0.05, 0) is 37.1 Å². The maximum absolute atomic E-state index is 16.1. The van der Waals surface area contributed by atoms with Crippen LogP contribution in [0.25, 0.3) is 32.1 Å². The van der Waals surface area contributed by atoms with Gasteiger partial charge in [-0.2, -0.15) is 23.4 Å². The van der Waals surface area contributed by atoms with Crippen molar-refractivity contribution in [3.05, 3.63) is 47.2 Å². The van der Waals surface area contributed by atoms with Gasteiger partial charge in [-0.1, -0.05) is 6.07 Å². The molecule has 2 unspecified atom stereocenters. The Bertz CT molecular complexity index is 1680. The fourth-order valence-electron chi connectivity index (χ4n) is 5.83. The summed E-state index contributed by atoms with van der Waals surface area (Å²) in [6.45, 7) is 1.07. The van der Waals surface area contributed by atoms with E-state index >= 15 is 4.39 Å². The number of thiophene rings is 1. The molecule has 2 saturated heterocycles. The van der Waals surface area contributed by atoms with E-state index in [1.54, 1.807) is 6.07 Å². The summed E-state index contributed by atoms with van der Waals surface area (Å²) in [7, 11) is 0. The second-order valence-corrected chi connectivity index (χ2v) is 10.9. The number of nitrogen functional groups attached to an aromatic ring is 1. The zero-order valence-electron chi connectivity index (χ0n) is 20.1. The minimum absolute atomic E-state index is 0.0479. The number of halogens is 6. The van der Waals surface area contributed by atoms with Gasteiger partial charge in [-0.15, -0.1) is 11.3 Å². The average Bonchev–Trinajstić information content (AvgIpc) is 3.52. The summed E-state index contributed by atoms with van der Waals surface area (Å²) in [6, 6.07) is 4.11. The third-order valence-electron chi connectivity index (χ3n) is 7.53. The molecule has 4 heterocycles. The van der Waals surface area contributed by atoms with Crippen LogP contribution in [0.4, 0.5) is 31.3 Å². The first-order valence-corrected chi connectivity index (χ1v) is 12.8. The first kappa shape index (κ1) is 25.6. The molecule has 2 fully saturated rings. The highest BCUT2D eigenvalue weighted by Gasteiger charge is 2.49. The Labute approximate surface area is 221 Å². The van der Waals surface area contributed by atoms with E-state index in [1.165, 1.54) is 0 Å². The van der Waals surface area contributed by atoms with Crippen LogP contribution in [0.3, 0.4) is 0 Å². The number of hydrogen-bond acceptors (Lipinski definition) is 7. The molecule has 2 atom stereocenters. The van der Waals surface area contributed by atoms with Crippen molar-refractivity contribution >= 4 is 37.3 Å². The normalized spacial score (nSPS) is 21.5. The molecule has 0 spiro atoms. The van der Waals surface area contributed by atoms with Crippen molar-refractivity contribution in [2.24, 2.45) is 0 Å². The molecule has 0 saturated carbocycles. The molecule has 4 aromatic rings. The molecule has 2 aromatic carbocycles. The van der Waals surface area contributed by atoms with E-state index in [0.717, 1.165) is 31.3 Å². The first-order chi connectivity index (χ1) is 18.5. The monoisotopic (exact) mass is 563 g/mol. The standard InChI is InChI=1S/C26H19F6N5OS/c27-13-7-25(4-1-5-37(25)10-13)11-38-24-35-9-12-6-16(26(30,31)32)19(20(29)21(12)36-24)14-2-3-17(28)22-18(14)15(8-33)23(34)39-22/h2-3,6,9,13H,1,4-5,7,10-11,34H2. The van der Waals surface area contributed by atoms with Crippen molar-refractivity contribution in [2.45, 2.75) is 37.1 Å². The lowest BCUT2D eigenvalue weighted by atomic mass is 9.93. The van der Waals surface area contributed by atoms with E-state index in [9.17, 15) is 27.2 Å². The fourth-order valence-corrected chi connectivity index (χ4v) is 6.78. The third-order valence-corrected chi connectivity index (χ3v) is 8.55. The zero-order valence-corrected chi connectivity index (χ0v) is 20.9. The summed E-state index contributed by atoms with van der Waals surface area (Å²) in [5.74, 6) is -2.14. The van der Waals surface area contributed by atoms with E-state index in [2.05, 4.69) is 9.97 Å². The van der Waals surface area contributed by atoms with Crippen molar-refractivity contribution in [3.8, 4) is 23.2 Å². The molecule has 39 heavy (non-hydrogen) atoms. The Morgan fingerprint density at radius 1 is 1.28 bits per heavy atom. The molecule has 13 heteroatoms. The number of aromatic nitrogens is 2. The van der Waals surface area contributed by atoms with Gasteiger partial charge in [0, 0.05) is 35.5 Å². The maximum Gasteiger partial charge on any atom is 0.417 e. The number of ether oxygens (including phenoxy) is 1. The van der Waals surface area contributed by atoms with Gasteiger partial charge in [0.25, 0.3) is 0 Å². The molecule has 0 amide bonds. The van der Waals surface area contributed by atoms with E-state index in [1.807, 2.05) is 4.90 Å². The number of nitrogens with two attached hydrogens (primary N) is 1. The van der Waals surface area contributed by atoms with Crippen molar-refractivity contribution in [2.75, 3.05) is 25.4 Å². The fraction of sp³-hybridized carbons (Fsp3) is 0.346. The number of hydrogen-bond donors (Lipinski definition) is 1. The number of rotatable bonds is 4. The van der Waals surface area contributed by atoms with Crippen LogP contribution in [-0.2, 0) is 6.18 Å². The van der Waals surface area contributed by atoms with E-state index in [0.29, 0.717) is 30.4 Å². The lowest BCUT2D eigenvalue weighted by Gasteiger charge is -2.30. The molecule has 0 aliphatic carbocycles. The van der Waals surface area contributed by atoms with Gasteiger partial charge in [-0.25, -0.2) is 18.2 Å². The Hall–Kier alpha value is -3.63. The van der Waals surface area contributed by atoms with E-state index in [-0.39, 0.29) is 50.6 Å². The largest absolute Gasteiger partial charge is 0.461 e. The average molecular weight is 564 g/mol. The number of benzene rings is 2. The Kier molecular flexibility index (Phi) is 5.89. The topological polar surface area (TPSA) is 88.1 Å². The van der Waals surface area contributed by atoms with Gasteiger partial charge in [0.2, 0.25) is 0 Å². The van der Waals surface area contributed by atoms with Gasteiger partial charge >= 0.3 is 12.2 Å².